The van der Waals surface area contributed by atoms with Gasteiger partial charge in [0.1, 0.15) is 0 Å². The van der Waals surface area contributed by atoms with Crippen molar-refractivity contribution >= 4 is 23.4 Å². The number of benzene rings is 1. The van der Waals surface area contributed by atoms with Crippen LogP contribution in [-0.4, -0.2) is 27.7 Å². The largest absolute Gasteiger partial charge is 0.311 e. The summed E-state index contributed by atoms with van der Waals surface area (Å²) in [5.74, 6) is 0.0562. The zero-order chi connectivity index (χ0) is 17.8. The highest BCUT2D eigenvalue weighted by Gasteiger charge is 2.27. The summed E-state index contributed by atoms with van der Waals surface area (Å²) in [6.45, 7) is 4.66. The maximum absolute atomic E-state index is 12.9. The van der Waals surface area contributed by atoms with Gasteiger partial charge < -0.3 is 9.88 Å². The first-order valence-electron chi connectivity index (χ1n) is 8.74. The lowest BCUT2D eigenvalue weighted by Crippen LogP contribution is -2.40. The first-order chi connectivity index (χ1) is 12.1. The first-order valence-corrected chi connectivity index (χ1v) is 9.62. The van der Waals surface area contributed by atoms with Crippen molar-refractivity contribution in [3.05, 3.63) is 51.9 Å². The molecule has 1 N–H and O–H groups in total. The van der Waals surface area contributed by atoms with Crippen molar-refractivity contribution in [1.29, 1.82) is 0 Å². The number of rotatable bonds is 5. The fourth-order valence-electron chi connectivity index (χ4n) is 3.12. The fourth-order valence-corrected chi connectivity index (χ4v) is 4.02. The number of anilines is 1. The van der Waals surface area contributed by atoms with Crippen LogP contribution in [0.3, 0.4) is 0 Å². The number of aryl methyl sites for hydroxylation is 2. The van der Waals surface area contributed by atoms with Gasteiger partial charge in [-0.2, -0.15) is 0 Å². The van der Waals surface area contributed by atoms with Gasteiger partial charge in [0.05, 0.1) is 5.25 Å². The molecule has 2 heterocycles. The van der Waals surface area contributed by atoms with Gasteiger partial charge in [0.2, 0.25) is 5.91 Å². The summed E-state index contributed by atoms with van der Waals surface area (Å²) in [5.41, 5.74) is 2.84. The Morgan fingerprint density at radius 3 is 3.00 bits per heavy atom. The second kappa shape index (κ2) is 7.87. The van der Waals surface area contributed by atoms with Gasteiger partial charge in [0, 0.05) is 24.0 Å². The second-order valence-electron chi connectivity index (χ2n) is 6.27. The molecule has 0 aliphatic carbocycles. The van der Waals surface area contributed by atoms with Gasteiger partial charge in [-0.1, -0.05) is 43.3 Å². The summed E-state index contributed by atoms with van der Waals surface area (Å²) >= 11 is 1.32. The Morgan fingerprint density at radius 1 is 1.40 bits per heavy atom. The molecule has 1 unspecified atom stereocenters. The smallest absolute Gasteiger partial charge is 0.251 e. The van der Waals surface area contributed by atoms with Crippen molar-refractivity contribution in [2.24, 2.45) is 0 Å². The number of para-hydroxylation sites is 1. The third-order valence-electron chi connectivity index (χ3n) is 4.29. The molecule has 1 aromatic heterocycles. The van der Waals surface area contributed by atoms with Crippen LogP contribution in [0.1, 0.15) is 37.9 Å². The molecule has 1 aliphatic heterocycles. The number of amides is 1. The van der Waals surface area contributed by atoms with Gasteiger partial charge >= 0.3 is 0 Å². The molecule has 132 valence electrons. The van der Waals surface area contributed by atoms with E-state index in [1.807, 2.05) is 30.0 Å². The van der Waals surface area contributed by atoms with Gasteiger partial charge in [-0.3, -0.25) is 9.59 Å². The first kappa shape index (κ1) is 17.7. The Kier molecular flexibility index (Phi) is 5.58. The molecule has 25 heavy (non-hydrogen) atoms. The summed E-state index contributed by atoms with van der Waals surface area (Å²) in [7, 11) is 0. The number of carbonyl (C=O) groups is 1. The van der Waals surface area contributed by atoms with E-state index >= 15 is 0 Å². The number of hydrogen-bond acceptors (Lipinski definition) is 4. The van der Waals surface area contributed by atoms with Crippen molar-refractivity contribution in [3.63, 3.8) is 0 Å². The Hall–Kier alpha value is -2.08. The molecule has 2 aromatic rings. The van der Waals surface area contributed by atoms with Crippen molar-refractivity contribution in [2.75, 3.05) is 11.4 Å². The molecule has 0 saturated heterocycles. The van der Waals surface area contributed by atoms with Gasteiger partial charge in [-0.15, -0.1) is 0 Å². The van der Waals surface area contributed by atoms with Crippen LogP contribution >= 0.6 is 11.8 Å². The molecule has 0 bridgehead atoms. The summed E-state index contributed by atoms with van der Waals surface area (Å²) in [6, 6.07) is 9.60. The molecule has 0 fully saturated rings. The predicted molar refractivity (Wildman–Crippen MR) is 101 cm³/mol. The van der Waals surface area contributed by atoms with E-state index in [1.165, 1.54) is 23.4 Å². The van der Waals surface area contributed by atoms with Crippen LogP contribution in [-0.2, 0) is 17.6 Å². The Morgan fingerprint density at radius 2 is 2.20 bits per heavy atom. The van der Waals surface area contributed by atoms with Crippen LogP contribution in [0.4, 0.5) is 5.69 Å². The highest BCUT2D eigenvalue weighted by molar-refractivity contribution is 8.00. The molecule has 0 spiro atoms. The van der Waals surface area contributed by atoms with E-state index in [2.05, 4.69) is 23.0 Å². The lowest BCUT2D eigenvalue weighted by Gasteiger charge is -2.31. The number of H-pyrrole nitrogens is 1. The molecule has 6 heteroatoms. The highest BCUT2D eigenvalue weighted by Crippen LogP contribution is 2.29. The van der Waals surface area contributed by atoms with Crippen LogP contribution in [0.15, 0.2) is 40.3 Å². The van der Waals surface area contributed by atoms with E-state index in [9.17, 15) is 9.59 Å². The number of nitrogens with one attached hydrogen (secondary N) is 1. The Bertz CT molecular complexity index is 818. The molecule has 3 rings (SSSR count). The normalized spacial score (nSPS) is 14.9. The van der Waals surface area contributed by atoms with Crippen LogP contribution in [0.2, 0.25) is 0 Å². The molecule has 1 atom stereocenters. The molecule has 5 nitrogen and oxygen atoms in total. The minimum Gasteiger partial charge on any atom is -0.311 e. The van der Waals surface area contributed by atoms with E-state index in [1.54, 1.807) is 0 Å². The van der Waals surface area contributed by atoms with Crippen molar-refractivity contribution < 1.29 is 4.79 Å². The number of thioether (sulfide) groups is 1. The molecule has 1 aliphatic rings. The number of nitrogens with zero attached hydrogens (tertiary/aromatic N) is 2. The maximum Gasteiger partial charge on any atom is 0.251 e. The van der Waals surface area contributed by atoms with E-state index < -0.39 is 0 Å². The lowest BCUT2D eigenvalue weighted by atomic mass is 10.0. The number of aromatic nitrogens is 2. The summed E-state index contributed by atoms with van der Waals surface area (Å²) in [6.07, 6.45) is 3.68. The van der Waals surface area contributed by atoms with E-state index in [0.717, 1.165) is 43.6 Å². The van der Waals surface area contributed by atoms with Crippen molar-refractivity contribution in [1.82, 2.24) is 9.97 Å². The third kappa shape index (κ3) is 4.12. The average Bonchev–Trinajstić information content (AvgIpc) is 2.60. The number of aromatic amines is 1. The van der Waals surface area contributed by atoms with E-state index in [0.29, 0.717) is 5.16 Å². The molecular formula is C19H23N3O2S. The highest BCUT2D eigenvalue weighted by atomic mass is 32.2. The standard InChI is InChI=1S/C19H23N3O2S/c1-3-7-15-12-17(23)21-19(20-15)25-13(2)18(24)22-11-6-9-14-8-4-5-10-16(14)22/h4-5,8,10,12-13H,3,6-7,9,11H2,1-2H3,(H,20,21,23). The fraction of sp³-hybridized carbons (Fsp3) is 0.421. The average molecular weight is 357 g/mol. The van der Waals surface area contributed by atoms with Crippen LogP contribution < -0.4 is 10.5 Å². The van der Waals surface area contributed by atoms with Crippen molar-refractivity contribution in [3.8, 4) is 0 Å². The Labute approximate surface area is 151 Å². The minimum atomic E-state index is -0.314. The summed E-state index contributed by atoms with van der Waals surface area (Å²) in [4.78, 5) is 33.8. The van der Waals surface area contributed by atoms with E-state index in [-0.39, 0.29) is 16.7 Å². The number of fused-ring (bicyclic) bond motifs is 1. The number of carbonyl (C=O) groups excluding carboxylic acids is 1. The lowest BCUT2D eigenvalue weighted by molar-refractivity contribution is -0.117. The van der Waals surface area contributed by atoms with E-state index in [4.69, 9.17) is 0 Å². The van der Waals surface area contributed by atoms with Gasteiger partial charge in [-0.25, -0.2) is 4.98 Å². The predicted octanol–water partition coefficient (Wildman–Crippen LogP) is 3.18. The molecule has 0 radical (unpaired) electrons. The monoisotopic (exact) mass is 357 g/mol. The van der Waals surface area contributed by atoms with Crippen LogP contribution in [0.25, 0.3) is 0 Å². The van der Waals surface area contributed by atoms with Crippen LogP contribution in [0.5, 0.6) is 0 Å². The molecule has 1 amide bonds. The Balaban J connectivity index is 1.77. The zero-order valence-electron chi connectivity index (χ0n) is 14.6. The number of hydrogen-bond donors (Lipinski definition) is 1. The summed E-state index contributed by atoms with van der Waals surface area (Å²) in [5, 5.41) is 0.202. The SMILES string of the molecule is CCCc1cc(=O)[nH]c(SC(C)C(=O)N2CCCc3ccccc32)n1. The summed E-state index contributed by atoms with van der Waals surface area (Å²) < 4.78 is 0. The minimum absolute atomic E-state index is 0.0562. The topological polar surface area (TPSA) is 66.1 Å². The maximum atomic E-state index is 12.9. The zero-order valence-corrected chi connectivity index (χ0v) is 15.4. The van der Waals surface area contributed by atoms with Gasteiger partial charge in [0.25, 0.3) is 5.56 Å². The molecule has 0 saturated carbocycles. The second-order valence-corrected chi connectivity index (χ2v) is 7.60. The van der Waals surface area contributed by atoms with Crippen LogP contribution in [0, 0.1) is 0 Å². The van der Waals surface area contributed by atoms with Gasteiger partial charge in [0.15, 0.2) is 5.16 Å². The quantitative estimate of drug-likeness (QED) is 0.659. The molecule has 1 aromatic carbocycles. The van der Waals surface area contributed by atoms with Gasteiger partial charge in [-0.05, 0) is 37.8 Å². The molecular weight excluding hydrogens is 334 g/mol. The third-order valence-corrected chi connectivity index (χ3v) is 5.26. The van der Waals surface area contributed by atoms with Crippen molar-refractivity contribution in [2.45, 2.75) is 49.9 Å².